The Morgan fingerprint density at radius 2 is 1.92 bits per heavy atom. The number of H-pyrrole nitrogens is 1. The van der Waals surface area contributed by atoms with E-state index in [9.17, 15) is 14.4 Å². The lowest BCUT2D eigenvalue weighted by Crippen LogP contribution is -2.35. The first-order chi connectivity index (χ1) is 11.8. The van der Waals surface area contributed by atoms with Crippen LogP contribution in [0.5, 0.6) is 0 Å². The molecule has 6 heteroatoms. The Bertz CT molecular complexity index is 885. The molecule has 2 aromatic heterocycles. The molecule has 0 fully saturated rings. The standard InChI is InChI=1S/C19H21N3O3/c1-11(12-4-6-20-7-5-12)21-17(24)14-8-13-15(22-18(14)25)9-19(2,3)10-16(13)23/h4-8,11H,9-10H2,1-3H3,(H,21,24)(H,22,25)/t11-/m0/s1. The molecule has 0 aromatic carbocycles. The fourth-order valence-corrected chi connectivity index (χ4v) is 3.21. The van der Waals surface area contributed by atoms with Gasteiger partial charge in [-0.05, 0) is 42.5 Å². The molecule has 3 rings (SSSR count). The zero-order valence-electron chi connectivity index (χ0n) is 14.6. The smallest absolute Gasteiger partial charge is 0.261 e. The molecule has 1 atom stereocenters. The van der Waals surface area contributed by atoms with Gasteiger partial charge in [0.25, 0.3) is 11.5 Å². The molecule has 6 nitrogen and oxygen atoms in total. The molecule has 2 N–H and O–H groups in total. The predicted molar refractivity (Wildman–Crippen MR) is 93.6 cm³/mol. The van der Waals surface area contributed by atoms with Gasteiger partial charge in [-0.15, -0.1) is 0 Å². The van der Waals surface area contributed by atoms with E-state index in [1.807, 2.05) is 20.8 Å². The van der Waals surface area contributed by atoms with Crippen molar-refractivity contribution in [2.45, 2.75) is 39.7 Å². The van der Waals surface area contributed by atoms with Gasteiger partial charge >= 0.3 is 0 Å². The maximum Gasteiger partial charge on any atom is 0.261 e. The van der Waals surface area contributed by atoms with Crippen LogP contribution >= 0.6 is 0 Å². The minimum absolute atomic E-state index is 0.0345. The van der Waals surface area contributed by atoms with Crippen molar-refractivity contribution in [1.82, 2.24) is 15.3 Å². The van der Waals surface area contributed by atoms with Gasteiger partial charge in [0.15, 0.2) is 5.78 Å². The molecule has 130 valence electrons. The Balaban J connectivity index is 1.88. The summed E-state index contributed by atoms with van der Waals surface area (Å²) in [5, 5.41) is 2.79. The quantitative estimate of drug-likeness (QED) is 0.898. The number of carbonyl (C=O) groups is 2. The summed E-state index contributed by atoms with van der Waals surface area (Å²) < 4.78 is 0. The molecule has 0 saturated carbocycles. The molecule has 25 heavy (non-hydrogen) atoms. The van der Waals surface area contributed by atoms with Crippen LogP contribution in [0.1, 0.15) is 65.2 Å². The number of ketones is 1. The second-order valence-electron chi connectivity index (χ2n) is 7.32. The lowest BCUT2D eigenvalue weighted by Gasteiger charge is -2.29. The number of amides is 1. The van der Waals surface area contributed by atoms with E-state index in [2.05, 4.69) is 15.3 Å². The average molecular weight is 339 g/mol. The number of aromatic amines is 1. The van der Waals surface area contributed by atoms with Crippen LogP contribution in [0.2, 0.25) is 0 Å². The van der Waals surface area contributed by atoms with Gasteiger partial charge in [0.1, 0.15) is 5.56 Å². The Morgan fingerprint density at radius 3 is 2.60 bits per heavy atom. The Hall–Kier alpha value is -2.76. The van der Waals surface area contributed by atoms with Crippen LogP contribution in [0, 0.1) is 5.41 Å². The minimum atomic E-state index is -0.494. The highest BCUT2D eigenvalue weighted by atomic mass is 16.2. The van der Waals surface area contributed by atoms with E-state index in [0.717, 1.165) is 5.56 Å². The predicted octanol–water partition coefficient (Wildman–Crippen LogP) is 2.42. The summed E-state index contributed by atoms with van der Waals surface area (Å²) in [6, 6.07) is 4.75. The van der Waals surface area contributed by atoms with E-state index in [4.69, 9.17) is 0 Å². The number of Topliss-reactive ketones (excluding diaryl/α,β-unsaturated/α-hetero) is 1. The van der Waals surface area contributed by atoms with Crippen LogP contribution in [0.25, 0.3) is 0 Å². The molecule has 0 aliphatic heterocycles. The molecule has 1 amide bonds. The van der Waals surface area contributed by atoms with Gasteiger partial charge in [0.2, 0.25) is 0 Å². The van der Waals surface area contributed by atoms with Gasteiger partial charge in [-0.2, -0.15) is 0 Å². The number of rotatable bonds is 3. The molecule has 2 aromatic rings. The third kappa shape index (κ3) is 3.52. The summed E-state index contributed by atoms with van der Waals surface area (Å²) in [5.74, 6) is -0.537. The van der Waals surface area contributed by atoms with E-state index in [1.165, 1.54) is 6.07 Å². The summed E-state index contributed by atoms with van der Waals surface area (Å²) >= 11 is 0. The SMILES string of the molecule is C[C@H](NC(=O)c1cc2c([nH]c1=O)CC(C)(C)CC2=O)c1ccncc1. The van der Waals surface area contributed by atoms with Gasteiger partial charge in [-0.1, -0.05) is 13.8 Å². The molecule has 0 saturated heterocycles. The van der Waals surface area contributed by atoms with Crippen LogP contribution in [0.15, 0.2) is 35.4 Å². The number of pyridine rings is 2. The summed E-state index contributed by atoms with van der Waals surface area (Å²) in [5.41, 5.74) is 1.25. The van der Waals surface area contributed by atoms with E-state index >= 15 is 0 Å². The Kier molecular flexibility index (Phi) is 4.29. The van der Waals surface area contributed by atoms with Gasteiger partial charge < -0.3 is 10.3 Å². The number of nitrogens with one attached hydrogen (secondary N) is 2. The highest BCUT2D eigenvalue weighted by Gasteiger charge is 2.32. The molecule has 0 unspecified atom stereocenters. The number of aromatic nitrogens is 2. The first-order valence-corrected chi connectivity index (χ1v) is 8.27. The first-order valence-electron chi connectivity index (χ1n) is 8.27. The highest BCUT2D eigenvalue weighted by molar-refractivity contribution is 6.02. The zero-order chi connectivity index (χ0) is 18.2. The van der Waals surface area contributed by atoms with E-state index < -0.39 is 11.5 Å². The van der Waals surface area contributed by atoms with Crippen molar-refractivity contribution in [2.75, 3.05) is 0 Å². The topological polar surface area (TPSA) is 91.9 Å². The van der Waals surface area contributed by atoms with Crippen molar-refractivity contribution in [2.24, 2.45) is 5.41 Å². The van der Waals surface area contributed by atoms with E-state index in [1.54, 1.807) is 24.5 Å². The molecule has 1 aliphatic rings. The number of fused-ring (bicyclic) bond motifs is 1. The van der Waals surface area contributed by atoms with Crippen molar-refractivity contribution >= 4 is 11.7 Å². The van der Waals surface area contributed by atoms with Gasteiger partial charge in [0, 0.05) is 30.1 Å². The third-order valence-electron chi connectivity index (χ3n) is 4.52. The Morgan fingerprint density at radius 1 is 1.24 bits per heavy atom. The van der Waals surface area contributed by atoms with Crippen molar-refractivity contribution in [3.63, 3.8) is 0 Å². The monoisotopic (exact) mass is 339 g/mol. The fraction of sp³-hybridized carbons (Fsp3) is 0.368. The lowest BCUT2D eigenvalue weighted by molar-refractivity contribution is 0.0910. The average Bonchev–Trinajstić information content (AvgIpc) is 2.53. The molecule has 0 radical (unpaired) electrons. The van der Waals surface area contributed by atoms with Crippen LogP contribution in [-0.4, -0.2) is 21.7 Å². The number of hydrogen-bond donors (Lipinski definition) is 2. The van der Waals surface area contributed by atoms with Crippen molar-refractivity contribution in [3.8, 4) is 0 Å². The van der Waals surface area contributed by atoms with Gasteiger partial charge in [-0.3, -0.25) is 19.4 Å². The van der Waals surface area contributed by atoms with E-state index in [-0.39, 0.29) is 22.8 Å². The largest absolute Gasteiger partial charge is 0.345 e. The maximum atomic E-state index is 12.5. The number of hydrogen-bond acceptors (Lipinski definition) is 4. The Labute approximate surface area is 145 Å². The van der Waals surface area contributed by atoms with Crippen LogP contribution < -0.4 is 10.9 Å². The summed E-state index contributed by atoms with van der Waals surface area (Å²) in [4.78, 5) is 43.9. The van der Waals surface area contributed by atoms with E-state index in [0.29, 0.717) is 24.1 Å². The summed E-state index contributed by atoms with van der Waals surface area (Å²) in [6.07, 6.45) is 4.30. The highest BCUT2D eigenvalue weighted by Crippen LogP contribution is 2.33. The molecule has 2 heterocycles. The maximum absolute atomic E-state index is 12.5. The second kappa shape index (κ2) is 6.27. The number of nitrogens with zero attached hydrogens (tertiary/aromatic N) is 1. The van der Waals surface area contributed by atoms with Crippen LogP contribution in [-0.2, 0) is 6.42 Å². The minimum Gasteiger partial charge on any atom is -0.345 e. The lowest BCUT2D eigenvalue weighted by atomic mass is 9.75. The normalized spacial score (nSPS) is 16.8. The molecular weight excluding hydrogens is 318 g/mol. The molecule has 1 aliphatic carbocycles. The fourth-order valence-electron chi connectivity index (χ4n) is 3.21. The van der Waals surface area contributed by atoms with Crippen molar-refractivity contribution in [3.05, 3.63) is 63.3 Å². The zero-order valence-corrected chi connectivity index (χ0v) is 14.6. The summed E-state index contributed by atoms with van der Waals surface area (Å²) in [6.45, 7) is 5.81. The van der Waals surface area contributed by atoms with Crippen molar-refractivity contribution < 1.29 is 9.59 Å². The van der Waals surface area contributed by atoms with Crippen LogP contribution in [0.4, 0.5) is 0 Å². The second-order valence-corrected chi connectivity index (χ2v) is 7.32. The summed E-state index contributed by atoms with van der Waals surface area (Å²) in [7, 11) is 0. The van der Waals surface area contributed by atoms with Crippen molar-refractivity contribution in [1.29, 1.82) is 0 Å². The molecule has 0 bridgehead atoms. The van der Waals surface area contributed by atoms with Crippen LogP contribution in [0.3, 0.4) is 0 Å². The number of carbonyl (C=O) groups excluding carboxylic acids is 2. The third-order valence-corrected chi connectivity index (χ3v) is 4.52. The molecular formula is C19H21N3O3. The van der Waals surface area contributed by atoms with Gasteiger partial charge in [-0.25, -0.2) is 0 Å². The molecule has 0 spiro atoms. The first kappa shape index (κ1) is 17.1. The van der Waals surface area contributed by atoms with Gasteiger partial charge in [0.05, 0.1) is 6.04 Å².